The molecule has 0 spiro atoms. The van der Waals surface area contributed by atoms with Crippen molar-refractivity contribution < 1.29 is 0 Å². The highest BCUT2D eigenvalue weighted by molar-refractivity contribution is 5.85. The fourth-order valence-corrected chi connectivity index (χ4v) is 1.55. The molecule has 0 saturated heterocycles. The highest BCUT2D eigenvalue weighted by Gasteiger charge is 1.99. The number of halogens is 2. The predicted octanol–water partition coefficient (Wildman–Crippen LogP) is 3.29. The van der Waals surface area contributed by atoms with E-state index in [1.165, 1.54) is 5.56 Å². The topological polar surface area (TPSA) is 52.0 Å². The molecule has 17 heavy (non-hydrogen) atoms. The summed E-state index contributed by atoms with van der Waals surface area (Å²) < 4.78 is 0. The van der Waals surface area contributed by atoms with E-state index in [2.05, 4.69) is 0 Å². The van der Waals surface area contributed by atoms with Crippen LogP contribution in [0.15, 0.2) is 48.5 Å². The van der Waals surface area contributed by atoms with Crippen molar-refractivity contribution >= 4 is 36.2 Å². The highest BCUT2D eigenvalue weighted by Crippen LogP contribution is 2.16. The Hall–Kier alpha value is -1.38. The van der Waals surface area contributed by atoms with Gasteiger partial charge in [0.15, 0.2) is 0 Å². The van der Waals surface area contributed by atoms with E-state index in [1.807, 2.05) is 48.5 Å². The predicted molar refractivity (Wildman–Crippen MR) is 79.0 cm³/mol. The third-order valence-corrected chi connectivity index (χ3v) is 2.43. The fourth-order valence-electron chi connectivity index (χ4n) is 1.55. The second-order valence-electron chi connectivity index (χ2n) is 3.62. The Balaban J connectivity index is 0.00000128. The number of nitrogens with two attached hydrogens (primary N) is 2. The van der Waals surface area contributed by atoms with Crippen molar-refractivity contribution in [1.82, 2.24) is 0 Å². The van der Waals surface area contributed by atoms with Gasteiger partial charge < -0.3 is 11.5 Å². The molecular formula is C13H16Cl2N2. The minimum Gasteiger partial charge on any atom is -0.399 e. The Bertz CT molecular complexity index is 455. The van der Waals surface area contributed by atoms with Crippen molar-refractivity contribution in [3.05, 3.63) is 59.7 Å². The van der Waals surface area contributed by atoms with Crippen LogP contribution in [-0.4, -0.2) is 0 Å². The van der Waals surface area contributed by atoms with E-state index >= 15 is 0 Å². The van der Waals surface area contributed by atoms with Gasteiger partial charge in [0.25, 0.3) is 0 Å². The second-order valence-corrected chi connectivity index (χ2v) is 3.62. The Kier molecular flexibility index (Phi) is 6.47. The summed E-state index contributed by atoms with van der Waals surface area (Å²) >= 11 is 0. The van der Waals surface area contributed by atoms with Crippen molar-refractivity contribution in [3.63, 3.8) is 0 Å². The first kappa shape index (κ1) is 15.6. The molecule has 0 fully saturated rings. The molecule has 2 aromatic carbocycles. The minimum absolute atomic E-state index is 0. The lowest BCUT2D eigenvalue weighted by Crippen LogP contribution is -1.95. The number of benzene rings is 2. The third-order valence-electron chi connectivity index (χ3n) is 2.43. The smallest absolute Gasteiger partial charge is 0.0349 e. The zero-order valence-corrected chi connectivity index (χ0v) is 10.9. The van der Waals surface area contributed by atoms with Gasteiger partial charge in [-0.05, 0) is 35.7 Å². The van der Waals surface area contributed by atoms with Gasteiger partial charge in [0.05, 0.1) is 0 Å². The van der Waals surface area contributed by atoms with Gasteiger partial charge in [0, 0.05) is 11.4 Å². The van der Waals surface area contributed by atoms with Crippen LogP contribution < -0.4 is 11.5 Å². The van der Waals surface area contributed by atoms with Gasteiger partial charge >= 0.3 is 0 Å². The third kappa shape index (κ3) is 4.17. The van der Waals surface area contributed by atoms with Crippen LogP contribution in [0.4, 0.5) is 11.4 Å². The highest BCUT2D eigenvalue weighted by atomic mass is 35.5. The van der Waals surface area contributed by atoms with Crippen LogP contribution in [0.1, 0.15) is 11.1 Å². The molecule has 0 heterocycles. The van der Waals surface area contributed by atoms with Gasteiger partial charge in [-0.15, -0.1) is 24.8 Å². The van der Waals surface area contributed by atoms with E-state index in [4.69, 9.17) is 11.5 Å². The second kappa shape index (κ2) is 7.05. The number of hydrogen-bond donors (Lipinski definition) is 2. The molecule has 0 aliphatic rings. The van der Waals surface area contributed by atoms with Crippen LogP contribution in [-0.2, 0) is 6.42 Å². The van der Waals surface area contributed by atoms with Gasteiger partial charge in [-0.3, -0.25) is 0 Å². The number of para-hydroxylation sites is 1. The van der Waals surface area contributed by atoms with Gasteiger partial charge in [-0.25, -0.2) is 0 Å². The van der Waals surface area contributed by atoms with Crippen LogP contribution in [0.2, 0.25) is 0 Å². The summed E-state index contributed by atoms with van der Waals surface area (Å²) in [5.74, 6) is 0. The van der Waals surface area contributed by atoms with E-state index in [-0.39, 0.29) is 24.8 Å². The quantitative estimate of drug-likeness (QED) is 0.823. The van der Waals surface area contributed by atoms with Crippen LogP contribution in [0.25, 0.3) is 0 Å². The average molecular weight is 271 g/mol. The first-order chi connectivity index (χ1) is 7.25. The molecule has 0 radical (unpaired) electrons. The SMILES string of the molecule is Cl.Cl.Nc1ccc(Cc2ccccc2N)cc1. The van der Waals surface area contributed by atoms with Crippen molar-refractivity contribution in [2.45, 2.75) is 6.42 Å². The summed E-state index contributed by atoms with van der Waals surface area (Å²) in [7, 11) is 0. The molecule has 0 aromatic heterocycles. The minimum atomic E-state index is 0. The maximum atomic E-state index is 5.87. The first-order valence-corrected chi connectivity index (χ1v) is 4.93. The molecular weight excluding hydrogens is 255 g/mol. The molecule has 2 rings (SSSR count). The zero-order valence-electron chi connectivity index (χ0n) is 9.30. The van der Waals surface area contributed by atoms with Crippen LogP contribution in [0.5, 0.6) is 0 Å². The molecule has 0 amide bonds. The number of nitrogen functional groups attached to an aromatic ring is 2. The summed E-state index contributed by atoms with van der Waals surface area (Å²) in [5, 5.41) is 0. The van der Waals surface area contributed by atoms with E-state index in [0.29, 0.717) is 0 Å². The Morgan fingerprint density at radius 2 is 1.35 bits per heavy atom. The van der Waals surface area contributed by atoms with E-state index in [0.717, 1.165) is 23.4 Å². The van der Waals surface area contributed by atoms with Crippen LogP contribution in [0, 0.1) is 0 Å². The first-order valence-electron chi connectivity index (χ1n) is 4.93. The van der Waals surface area contributed by atoms with Crippen molar-refractivity contribution in [1.29, 1.82) is 0 Å². The van der Waals surface area contributed by atoms with E-state index in [1.54, 1.807) is 0 Å². The molecule has 4 heteroatoms. The summed E-state index contributed by atoms with van der Waals surface area (Å²) in [4.78, 5) is 0. The van der Waals surface area contributed by atoms with Crippen molar-refractivity contribution in [2.75, 3.05) is 11.5 Å². The lowest BCUT2D eigenvalue weighted by atomic mass is 10.0. The summed E-state index contributed by atoms with van der Waals surface area (Å²) in [6, 6.07) is 15.8. The lowest BCUT2D eigenvalue weighted by molar-refractivity contribution is 1.20. The monoisotopic (exact) mass is 270 g/mol. The summed E-state index contributed by atoms with van der Waals surface area (Å²) in [6.45, 7) is 0. The normalized spacial score (nSPS) is 8.94. The maximum absolute atomic E-state index is 5.87. The molecule has 0 unspecified atom stereocenters. The Labute approximate surface area is 114 Å². The van der Waals surface area contributed by atoms with Crippen molar-refractivity contribution in [2.24, 2.45) is 0 Å². The summed E-state index contributed by atoms with van der Waals surface area (Å²) in [5.41, 5.74) is 15.5. The molecule has 2 aromatic rings. The Morgan fingerprint density at radius 1 is 0.765 bits per heavy atom. The van der Waals surface area contributed by atoms with Crippen LogP contribution >= 0.6 is 24.8 Å². The number of hydrogen-bond acceptors (Lipinski definition) is 2. The molecule has 0 bridgehead atoms. The van der Waals surface area contributed by atoms with E-state index in [9.17, 15) is 0 Å². The molecule has 2 nitrogen and oxygen atoms in total. The lowest BCUT2D eigenvalue weighted by Gasteiger charge is -2.05. The summed E-state index contributed by atoms with van der Waals surface area (Å²) in [6.07, 6.45) is 0.854. The van der Waals surface area contributed by atoms with Crippen LogP contribution in [0.3, 0.4) is 0 Å². The Morgan fingerprint density at radius 3 is 1.94 bits per heavy atom. The molecule has 0 aliphatic heterocycles. The molecule has 0 atom stereocenters. The maximum Gasteiger partial charge on any atom is 0.0349 e. The number of rotatable bonds is 2. The standard InChI is InChI=1S/C13H14N2.2ClH/c14-12-7-5-10(6-8-12)9-11-3-1-2-4-13(11)15;;/h1-8H,9,14-15H2;2*1H. The number of anilines is 2. The molecule has 0 aliphatic carbocycles. The van der Waals surface area contributed by atoms with Gasteiger partial charge in [-0.1, -0.05) is 30.3 Å². The van der Waals surface area contributed by atoms with Gasteiger partial charge in [-0.2, -0.15) is 0 Å². The van der Waals surface area contributed by atoms with Crippen molar-refractivity contribution in [3.8, 4) is 0 Å². The van der Waals surface area contributed by atoms with E-state index < -0.39 is 0 Å². The van der Waals surface area contributed by atoms with Gasteiger partial charge in [0.1, 0.15) is 0 Å². The molecule has 92 valence electrons. The average Bonchev–Trinajstić information content (AvgIpc) is 2.25. The molecule has 4 N–H and O–H groups in total. The molecule has 0 saturated carbocycles. The fraction of sp³-hybridized carbons (Fsp3) is 0.0769. The van der Waals surface area contributed by atoms with Gasteiger partial charge in [0.2, 0.25) is 0 Å². The zero-order chi connectivity index (χ0) is 10.7. The largest absolute Gasteiger partial charge is 0.399 e.